The van der Waals surface area contributed by atoms with E-state index in [4.69, 9.17) is 5.73 Å². The summed E-state index contributed by atoms with van der Waals surface area (Å²) in [6.07, 6.45) is -0.232. The fraction of sp³-hybridized carbons (Fsp3) is 0.625. The topological polar surface area (TPSA) is 43.8 Å². The first-order valence-electron chi connectivity index (χ1n) is 4.17. The maximum atomic E-state index is 12.5. The Kier molecular flexibility index (Phi) is 1.58. The lowest BCUT2D eigenvalue weighted by Crippen LogP contribution is -2.37. The molecule has 0 amide bonds. The minimum atomic E-state index is -2.50. The monoisotopic (exact) mass is 187 g/mol. The van der Waals surface area contributed by atoms with Crippen LogP contribution < -0.4 is 5.73 Å². The molecule has 1 aromatic heterocycles. The van der Waals surface area contributed by atoms with Gasteiger partial charge in [-0.25, -0.2) is 8.78 Å². The number of hydrogen-bond donors (Lipinski definition) is 1. The summed E-state index contributed by atoms with van der Waals surface area (Å²) in [5.41, 5.74) is 6.29. The maximum Gasteiger partial charge on any atom is 0.252 e. The zero-order chi connectivity index (χ0) is 9.64. The summed E-state index contributed by atoms with van der Waals surface area (Å²) in [7, 11) is 0. The van der Waals surface area contributed by atoms with E-state index in [9.17, 15) is 8.78 Å². The van der Waals surface area contributed by atoms with E-state index in [0.29, 0.717) is 5.82 Å². The van der Waals surface area contributed by atoms with Crippen LogP contribution in [0, 0.1) is 6.92 Å². The second-order valence-electron chi connectivity index (χ2n) is 3.57. The molecule has 1 aliphatic rings. The highest BCUT2D eigenvalue weighted by molar-refractivity contribution is 5.29. The number of nitrogens with zero attached hydrogens (tertiary/aromatic N) is 2. The Labute approximate surface area is 74.5 Å². The molecule has 0 bridgehead atoms. The zero-order valence-corrected chi connectivity index (χ0v) is 7.30. The van der Waals surface area contributed by atoms with Gasteiger partial charge in [0.1, 0.15) is 5.82 Å². The van der Waals surface area contributed by atoms with Gasteiger partial charge in [0, 0.05) is 24.6 Å². The van der Waals surface area contributed by atoms with Gasteiger partial charge < -0.3 is 5.73 Å². The molecule has 13 heavy (non-hydrogen) atoms. The SMILES string of the molecule is Cc1cc(N)nn1C1CC(F)(F)C1. The molecule has 72 valence electrons. The normalized spacial score (nSPS) is 21.5. The van der Waals surface area contributed by atoms with Crippen LogP contribution >= 0.6 is 0 Å². The van der Waals surface area contributed by atoms with Gasteiger partial charge in [-0.3, -0.25) is 4.68 Å². The molecule has 0 aromatic carbocycles. The van der Waals surface area contributed by atoms with Crippen LogP contribution in [0.15, 0.2) is 6.07 Å². The van der Waals surface area contributed by atoms with E-state index in [1.165, 1.54) is 0 Å². The van der Waals surface area contributed by atoms with E-state index in [1.54, 1.807) is 10.7 Å². The summed E-state index contributed by atoms with van der Waals surface area (Å²) >= 11 is 0. The molecule has 1 saturated carbocycles. The summed E-state index contributed by atoms with van der Waals surface area (Å²) in [5, 5.41) is 3.96. The second-order valence-corrected chi connectivity index (χ2v) is 3.57. The number of hydrogen-bond acceptors (Lipinski definition) is 2. The second kappa shape index (κ2) is 2.43. The van der Waals surface area contributed by atoms with Crippen molar-refractivity contribution in [3.63, 3.8) is 0 Å². The van der Waals surface area contributed by atoms with E-state index < -0.39 is 5.92 Å². The molecule has 1 aliphatic carbocycles. The van der Waals surface area contributed by atoms with Crippen molar-refractivity contribution >= 4 is 5.82 Å². The van der Waals surface area contributed by atoms with Crippen molar-refractivity contribution in [1.82, 2.24) is 9.78 Å². The van der Waals surface area contributed by atoms with Crippen molar-refractivity contribution < 1.29 is 8.78 Å². The van der Waals surface area contributed by atoms with Crippen molar-refractivity contribution in [2.24, 2.45) is 0 Å². The first kappa shape index (κ1) is 8.47. The maximum absolute atomic E-state index is 12.5. The van der Waals surface area contributed by atoms with Crippen molar-refractivity contribution in [3.8, 4) is 0 Å². The molecule has 1 heterocycles. The lowest BCUT2D eigenvalue weighted by molar-refractivity contribution is -0.107. The number of nitrogens with two attached hydrogens (primary N) is 1. The Morgan fingerprint density at radius 3 is 2.62 bits per heavy atom. The molecule has 2 rings (SSSR count). The van der Waals surface area contributed by atoms with Crippen LogP contribution in [0.25, 0.3) is 0 Å². The molecular weight excluding hydrogens is 176 g/mol. The Morgan fingerprint density at radius 2 is 2.23 bits per heavy atom. The molecule has 0 atom stereocenters. The standard InChI is InChI=1S/C8H11F2N3/c1-5-2-7(11)12-13(5)6-3-8(9,10)4-6/h2,6H,3-4H2,1H3,(H2,11,12). The largest absolute Gasteiger partial charge is 0.382 e. The van der Waals surface area contributed by atoms with Crippen LogP contribution in [0.1, 0.15) is 24.6 Å². The third kappa shape index (κ3) is 1.38. The molecule has 0 radical (unpaired) electrons. The average molecular weight is 187 g/mol. The van der Waals surface area contributed by atoms with Crippen LogP contribution in [0.2, 0.25) is 0 Å². The van der Waals surface area contributed by atoms with Crippen molar-refractivity contribution in [3.05, 3.63) is 11.8 Å². The van der Waals surface area contributed by atoms with Gasteiger partial charge in [-0.15, -0.1) is 0 Å². The number of halogens is 2. The van der Waals surface area contributed by atoms with Gasteiger partial charge in [0.05, 0.1) is 6.04 Å². The van der Waals surface area contributed by atoms with E-state index >= 15 is 0 Å². The Bertz CT molecular complexity index is 324. The number of rotatable bonds is 1. The number of aromatic nitrogens is 2. The van der Waals surface area contributed by atoms with Crippen molar-refractivity contribution in [2.75, 3.05) is 5.73 Å². The van der Waals surface area contributed by atoms with Gasteiger partial charge in [0.15, 0.2) is 0 Å². The summed E-state index contributed by atoms with van der Waals surface area (Å²) < 4.78 is 26.7. The van der Waals surface area contributed by atoms with Crippen LogP contribution in [-0.4, -0.2) is 15.7 Å². The first-order chi connectivity index (χ1) is 5.98. The quantitative estimate of drug-likeness (QED) is 0.727. The van der Waals surface area contributed by atoms with Gasteiger partial charge in [-0.2, -0.15) is 5.10 Å². The van der Waals surface area contributed by atoms with E-state index in [0.717, 1.165) is 5.69 Å². The fourth-order valence-corrected chi connectivity index (χ4v) is 1.68. The third-order valence-electron chi connectivity index (χ3n) is 2.36. The molecule has 1 fully saturated rings. The minimum absolute atomic E-state index is 0.116. The Balaban J connectivity index is 2.15. The molecule has 0 saturated heterocycles. The molecule has 1 aromatic rings. The van der Waals surface area contributed by atoms with Crippen molar-refractivity contribution in [2.45, 2.75) is 31.7 Å². The van der Waals surface area contributed by atoms with Gasteiger partial charge in [-0.1, -0.05) is 0 Å². The van der Waals surface area contributed by atoms with Crippen LogP contribution in [0.3, 0.4) is 0 Å². The van der Waals surface area contributed by atoms with Gasteiger partial charge in [-0.05, 0) is 6.92 Å². The zero-order valence-electron chi connectivity index (χ0n) is 7.30. The van der Waals surface area contributed by atoms with E-state index in [-0.39, 0.29) is 18.9 Å². The molecule has 0 unspecified atom stereocenters. The number of nitrogen functional groups attached to an aromatic ring is 1. The number of aryl methyl sites for hydroxylation is 1. The smallest absolute Gasteiger partial charge is 0.252 e. The fourth-order valence-electron chi connectivity index (χ4n) is 1.68. The highest BCUT2D eigenvalue weighted by Crippen LogP contribution is 2.45. The predicted molar refractivity (Wildman–Crippen MR) is 44.6 cm³/mol. The van der Waals surface area contributed by atoms with E-state index in [2.05, 4.69) is 5.10 Å². The predicted octanol–water partition coefficient (Wildman–Crippen LogP) is 1.74. The molecular formula is C8H11F2N3. The van der Waals surface area contributed by atoms with Gasteiger partial charge >= 0.3 is 0 Å². The van der Waals surface area contributed by atoms with Crippen LogP contribution in [0.5, 0.6) is 0 Å². The Morgan fingerprint density at radius 1 is 1.62 bits per heavy atom. The molecule has 0 aliphatic heterocycles. The number of alkyl halides is 2. The minimum Gasteiger partial charge on any atom is -0.382 e. The summed E-state index contributed by atoms with van der Waals surface area (Å²) in [5.74, 6) is -2.11. The van der Waals surface area contributed by atoms with Gasteiger partial charge in [0.2, 0.25) is 0 Å². The van der Waals surface area contributed by atoms with Crippen molar-refractivity contribution in [1.29, 1.82) is 0 Å². The van der Waals surface area contributed by atoms with Gasteiger partial charge in [0.25, 0.3) is 5.92 Å². The summed E-state index contributed by atoms with van der Waals surface area (Å²) in [6.45, 7) is 1.82. The molecule has 5 heteroatoms. The van der Waals surface area contributed by atoms with E-state index in [1.807, 2.05) is 6.92 Å². The summed E-state index contributed by atoms with van der Waals surface area (Å²) in [6, 6.07) is 1.52. The lowest BCUT2D eigenvalue weighted by atomic mass is 9.88. The first-order valence-corrected chi connectivity index (χ1v) is 4.17. The highest BCUT2D eigenvalue weighted by atomic mass is 19.3. The summed E-state index contributed by atoms with van der Waals surface area (Å²) in [4.78, 5) is 0. The lowest BCUT2D eigenvalue weighted by Gasteiger charge is -2.35. The Hall–Kier alpha value is -1.13. The van der Waals surface area contributed by atoms with Crippen LogP contribution in [-0.2, 0) is 0 Å². The third-order valence-corrected chi connectivity index (χ3v) is 2.36. The van der Waals surface area contributed by atoms with Crippen LogP contribution in [0.4, 0.5) is 14.6 Å². The molecule has 3 nitrogen and oxygen atoms in total. The molecule has 2 N–H and O–H groups in total. The highest BCUT2D eigenvalue weighted by Gasteiger charge is 2.47. The average Bonchev–Trinajstić information content (AvgIpc) is 2.24. The number of anilines is 1. The molecule has 0 spiro atoms.